The van der Waals surface area contributed by atoms with Gasteiger partial charge in [0.25, 0.3) is 5.22 Å². The number of carbonyl (C=O) groups excluding carboxylic acids is 1. The maximum Gasteiger partial charge on any atom is 0.276 e. The zero-order chi connectivity index (χ0) is 18.2. The van der Waals surface area contributed by atoms with Gasteiger partial charge in [-0.2, -0.15) is 0 Å². The lowest BCUT2D eigenvalue weighted by atomic mass is 10.1. The van der Waals surface area contributed by atoms with Gasteiger partial charge < -0.3 is 13.9 Å². The van der Waals surface area contributed by atoms with Crippen LogP contribution in [0.5, 0.6) is 11.5 Å². The molecule has 1 heterocycles. The van der Waals surface area contributed by atoms with Crippen LogP contribution < -0.4 is 9.47 Å². The van der Waals surface area contributed by atoms with Crippen molar-refractivity contribution >= 4 is 18.0 Å². The standard InChI is InChI=1S/C19H18N2O4S/c1-23-16-6-2-14(3-7-16)12-18-20-21-19(25-18)26-11-10-24-17-8-4-15(13-22)5-9-17/h2-9,13H,10-12H2,1H3. The third-order valence-electron chi connectivity index (χ3n) is 3.56. The smallest absolute Gasteiger partial charge is 0.276 e. The van der Waals surface area contributed by atoms with Crippen LogP contribution >= 0.6 is 11.8 Å². The van der Waals surface area contributed by atoms with Crippen molar-refractivity contribution in [2.45, 2.75) is 11.6 Å². The summed E-state index contributed by atoms with van der Waals surface area (Å²) in [5, 5.41) is 8.63. The number of benzene rings is 2. The molecule has 3 rings (SSSR count). The highest BCUT2D eigenvalue weighted by atomic mass is 32.2. The van der Waals surface area contributed by atoms with Crippen LogP contribution in [-0.2, 0) is 6.42 Å². The van der Waals surface area contributed by atoms with E-state index in [1.165, 1.54) is 11.8 Å². The molecule has 1 aromatic heterocycles. The van der Waals surface area contributed by atoms with E-state index < -0.39 is 0 Å². The molecule has 0 radical (unpaired) electrons. The van der Waals surface area contributed by atoms with Gasteiger partial charge in [-0.05, 0) is 42.0 Å². The molecule has 26 heavy (non-hydrogen) atoms. The number of carbonyl (C=O) groups is 1. The van der Waals surface area contributed by atoms with Crippen LogP contribution in [0.3, 0.4) is 0 Å². The number of ether oxygens (including phenoxy) is 2. The van der Waals surface area contributed by atoms with Gasteiger partial charge in [0.05, 0.1) is 20.1 Å². The predicted molar refractivity (Wildman–Crippen MR) is 98.1 cm³/mol. The average molecular weight is 370 g/mol. The van der Waals surface area contributed by atoms with Crippen molar-refractivity contribution in [3.05, 3.63) is 65.5 Å². The van der Waals surface area contributed by atoms with Crippen molar-refractivity contribution in [2.24, 2.45) is 0 Å². The number of thioether (sulfide) groups is 1. The fourth-order valence-corrected chi connectivity index (χ4v) is 2.81. The summed E-state index contributed by atoms with van der Waals surface area (Å²) >= 11 is 1.44. The summed E-state index contributed by atoms with van der Waals surface area (Å²) in [5.74, 6) is 2.79. The van der Waals surface area contributed by atoms with Crippen molar-refractivity contribution in [1.82, 2.24) is 10.2 Å². The second-order valence-corrected chi connectivity index (χ2v) is 6.42. The summed E-state index contributed by atoms with van der Waals surface area (Å²) in [5.41, 5.74) is 1.70. The van der Waals surface area contributed by atoms with Gasteiger partial charge in [-0.3, -0.25) is 4.79 Å². The summed E-state index contributed by atoms with van der Waals surface area (Å²) in [6, 6.07) is 14.7. The lowest BCUT2D eigenvalue weighted by Gasteiger charge is -2.04. The van der Waals surface area contributed by atoms with E-state index in [-0.39, 0.29) is 0 Å². The highest BCUT2D eigenvalue weighted by Gasteiger charge is 2.08. The van der Waals surface area contributed by atoms with Gasteiger partial charge in [0, 0.05) is 11.3 Å². The molecule has 0 aliphatic rings. The first-order valence-corrected chi connectivity index (χ1v) is 9.01. The Hall–Kier alpha value is -2.80. The molecule has 0 spiro atoms. The first-order chi connectivity index (χ1) is 12.8. The van der Waals surface area contributed by atoms with Crippen LogP contribution in [0.1, 0.15) is 21.8 Å². The van der Waals surface area contributed by atoms with Gasteiger partial charge in [0.2, 0.25) is 5.89 Å². The summed E-state index contributed by atoms with van der Waals surface area (Å²) in [6.45, 7) is 0.501. The number of aldehydes is 1. The van der Waals surface area contributed by atoms with Crippen molar-refractivity contribution < 1.29 is 18.7 Å². The molecule has 7 heteroatoms. The van der Waals surface area contributed by atoms with Crippen LogP contribution in [-0.4, -0.2) is 36.0 Å². The number of hydrogen-bond donors (Lipinski definition) is 0. The second-order valence-electron chi connectivity index (χ2n) is 5.37. The molecule has 0 atom stereocenters. The minimum Gasteiger partial charge on any atom is -0.497 e. The van der Waals surface area contributed by atoms with E-state index in [1.54, 1.807) is 31.4 Å². The van der Waals surface area contributed by atoms with Crippen LogP contribution in [0.25, 0.3) is 0 Å². The average Bonchev–Trinajstić information content (AvgIpc) is 3.13. The fourth-order valence-electron chi connectivity index (χ4n) is 2.22. The van der Waals surface area contributed by atoms with Crippen LogP contribution in [0.4, 0.5) is 0 Å². The monoisotopic (exact) mass is 370 g/mol. The van der Waals surface area contributed by atoms with Crippen LogP contribution in [0, 0.1) is 0 Å². The lowest BCUT2D eigenvalue weighted by Crippen LogP contribution is -2.00. The van der Waals surface area contributed by atoms with Gasteiger partial charge in [-0.25, -0.2) is 0 Å². The quantitative estimate of drug-likeness (QED) is 0.323. The molecule has 0 fully saturated rings. The van der Waals surface area contributed by atoms with E-state index in [0.29, 0.717) is 35.5 Å². The molecule has 134 valence electrons. The zero-order valence-corrected chi connectivity index (χ0v) is 15.1. The van der Waals surface area contributed by atoms with Gasteiger partial charge in [-0.15, -0.1) is 10.2 Å². The Morgan fingerprint density at radius 2 is 1.77 bits per heavy atom. The Morgan fingerprint density at radius 3 is 2.46 bits per heavy atom. The summed E-state index contributed by atoms with van der Waals surface area (Å²) in [4.78, 5) is 10.6. The minimum atomic E-state index is 0.501. The summed E-state index contributed by atoms with van der Waals surface area (Å²) in [6.07, 6.45) is 1.38. The molecule has 0 aliphatic carbocycles. The lowest BCUT2D eigenvalue weighted by molar-refractivity contribution is 0.112. The summed E-state index contributed by atoms with van der Waals surface area (Å²) < 4.78 is 16.4. The molecule has 0 saturated carbocycles. The van der Waals surface area contributed by atoms with E-state index >= 15 is 0 Å². The molecule has 3 aromatic rings. The normalized spacial score (nSPS) is 10.5. The molecule has 0 N–H and O–H groups in total. The van der Waals surface area contributed by atoms with E-state index in [1.807, 2.05) is 24.3 Å². The third kappa shape index (κ3) is 5.10. The number of nitrogens with zero attached hydrogens (tertiary/aromatic N) is 2. The van der Waals surface area contributed by atoms with Gasteiger partial charge >= 0.3 is 0 Å². The number of aromatic nitrogens is 2. The largest absolute Gasteiger partial charge is 0.497 e. The Labute approximate surface area is 155 Å². The maximum absolute atomic E-state index is 10.6. The molecule has 2 aromatic carbocycles. The van der Waals surface area contributed by atoms with Gasteiger partial charge in [0.1, 0.15) is 17.8 Å². The van der Waals surface area contributed by atoms with Crippen molar-refractivity contribution in [2.75, 3.05) is 19.5 Å². The van der Waals surface area contributed by atoms with E-state index in [4.69, 9.17) is 13.9 Å². The highest BCUT2D eigenvalue weighted by Crippen LogP contribution is 2.19. The Kier molecular flexibility index (Phi) is 6.27. The first kappa shape index (κ1) is 18.0. The van der Waals surface area contributed by atoms with Crippen LogP contribution in [0.15, 0.2) is 58.2 Å². The van der Waals surface area contributed by atoms with Gasteiger partial charge in [-0.1, -0.05) is 23.9 Å². The van der Waals surface area contributed by atoms with E-state index in [9.17, 15) is 4.79 Å². The maximum atomic E-state index is 10.6. The third-order valence-corrected chi connectivity index (χ3v) is 4.34. The molecular weight excluding hydrogens is 352 g/mol. The molecule has 6 nitrogen and oxygen atoms in total. The SMILES string of the molecule is COc1ccc(Cc2nnc(SCCOc3ccc(C=O)cc3)o2)cc1. The minimum absolute atomic E-state index is 0.501. The number of hydrogen-bond acceptors (Lipinski definition) is 7. The Balaban J connectivity index is 1.43. The second kappa shape index (κ2) is 9.05. The van der Waals surface area contributed by atoms with Crippen molar-refractivity contribution in [3.8, 4) is 11.5 Å². The summed E-state index contributed by atoms with van der Waals surface area (Å²) in [7, 11) is 1.64. The molecule has 0 bridgehead atoms. The topological polar surface area (TPSA) is 74.5 Å². The molecule has 0 aliphatic heterocycles. The fraction of sp³-hybridized carbons (Fsp3) is 0.211. The van der Waals surface area contributed by atoms with Crippen molar-refractivity contribution in [3.63, 3.8) is 0 Å². The van der Waals surface area contributed by atoms with Gasteiger partial charge in [0.15, 0.2) is 0 Å². The van der Waals surface area contributed by atoms with E-state index in [0.717, 1.165) is 23.3 Å². The first-order valence-electron chi connectivity index (χ1n) is 8.03. The predicted octanol–water partition coefficient (Wildman–Crippen LogP) is 3.65. The van der Waals surface area contributed by atoms with E-state index in [2.05, 4.69) is 10.2 Å². The molecule has 0 unspecified atom stereocenters. The zero-order valence-electron chi connectivity index (χ0n) is 14.3. The van der Waals surface area contributed by atoms with Crippen molar-refractivity contribution in [1.29, 1.82) is 0 Å². The Bertz CT molecular complexity index is 832. The number of methoxy groups -OCH3 is 1. The Morgan fingerprint density at radius 1 is 1.04 bits per heavy atom. The molecule has 0 saturated heterocycles. The van der Waals surface area contributed by atoms with Crippen LogP contribution in [0.2, 0.25) is 0 Å². The molecular formula is C19H18N2O4S. The highest BCUT2D eigenvalue weighted by molar-refractivity contribution is 7.99. The molecule has 0 amide bonds. The number of rotatable bonds is 9.